The maximum Gasteiger partial charge on any atom is 0.249 e. The van der Waals surface area contributed by atoms with E-state index < -0.39 is 6.10 Å². The number of carbonyl (C=O) groups is 1. The molecule has 0 aliphatic rings. The lowest BCUT2D eigenvalue weighted by atomic mass is 10.2. The molecule has 32 heavy (non-hydrogen) atoms. The van der Waals surface area contributed by atoms with Gasteiger partial charge < -0.3 is 10.1 Å². The molecule has 0 aliphatic heterocycles. The van der Waals surface area contributed by atoms with E-state index >= 15 is 0 Å². The van der Waals surface area contributed by atoms with Crippen molar-refractivity contribution < 1.29 is 14.3 Å². The lowest BCUT2D eigenvalue weighted by Gasteiger charge is -2.15. The number of ether oxygens (including phenoxy) is 1. The zero-order chi connectivity index (χ0) is 23.5. The molecule has 5 nitrogen and oxygen atoms in total. The average Bonchev–Trinajstić information content (AvgIpc) is 2.80. The highest BCUT2D eigenvalue weighted by atomic mass is 16.5. The molecule has 0 rings (SSSR count). The first kappa shape index (κ1) is 29.5. The first-order valence-corrected chi connectivity index (χ1v) is 11.9. The Morgan fingerprint density at radius 1 is 0.875 bits per heavy atom. The molecule has 1 amide bonds. The van der Waals surface area contributed by atoms with E-state index in [1.54, 1.807) is 0 Å². The molecule has 178 valence electrons. The molecule has 1 N–H and O–H groups in total. The molecule has 0 bridgehead atoms. The van der Waals surface area contributed by atoms with Crippen LogP contribution in [0.4, 0.5) is 0 Å². The molecule has 0 heterocycles. The Morgan fingerprint density at radius 3 is 1.97 bits per heavy atom. The van der Waals surface area contributed by atoms with Crippen molar-refractivity contribution in [1.29, 1.82) is 0 Å². The molecule has 0 aromatic rings. The van der Waals surface area contributed by atoms with E-state index in [1.807, 2.05) is 6.92 Å². The fourth-order valence-electron chi connectivity index (χ4n) is 2.73. The third kappa shape index (κ3) is 20.8. The van der Waals surface area contributed by atoms with Gasteiger partial charge in [-0.1, -0.05) is 74.6 Å². The second-order valence-electron chi connectivity index (χ2n) is 7.24. The van der Waals surface area contributed by atoms with Gasteiger partial charge >= 0.3 is 0 Å². The highest BCUT2D eigenvalue weighted by Crippen LogP contribution is 2.04. The van der Waals surface area contributed by atoms with Crippen molar-refractivity contribution in [3.63, 3.8) is 0 Å². The van der Waals surface area contributed by atoms with Crippen molar-refractivity contribution in [3.8, 4) is 0 Å². The van der Waals surface area contributed by atoms with Crippen LogP contribution in [0.25, 0.3) is 0 Å². The number of rotatable bonds is 20. The molecule has 1 atom stereocenters. The summed E-state index contributed by atoms with van der Waals surface area (Å²) in [5, 5.41) is 2.72. The molecular weight excluding hydrogens is 400 g/mol. The van der Waals surface area contributed by atoms with Gasteiger partial charge in [-0.2, -0.15) is 0 Å². The van der Waals surface area contributed by atoms with E-state index in [2.05, 4.69) is 78.0 Å². The summed E-state index contributed by atoms with van der Waals surface area (Å²) in [5.41, 5.74) is 0. The number of hydrogen-bond donors (Lipinski definition) is 1. The minimum atomic E-state index is -0.441. The van der Waals surface area contributed by atoms with Gasteiger partial charge in [0, 0.05) is 13.2 Å². The number of hydrogen-bond acceptors (Lipinski definition) is 4. The maximum absolute atomic E-state index is 12.0. The fraction of sp³-hybridized carbons (Fsp3) is 0.556. The normalized spacial score (nSPS) is 13.1. The van der Waals surface area contributed by atoms with E-state index in [4.69, 9.17) is 4.74 Å². The first-order valence-electron chi connectivity index (χ1n) is 11.9. The predicted molar refractivity (Wildman–Crippen MR) is 134 cm³/mol. The standard InChI is InChI=1S/C27H42N2O3/c1-3-5-6-7-8-9-10-11-12-13-14-15-16-17-18-19-20-21-24-32-26(4-2)27(31)29-23-22-28-25-30/h5-6,8-9,11-12,14-15,17-18,26H,3-4,7,10,13,16,19-24H2,1-2H3,(H,29,31). The maximum atomic E-state index is 12.0. The lowest BCUT2D eigenvalue weighted by molar-refractivity contribution is -0.133. The smallest absolute Gasteiger partial charge is 0.249 e. The number of nitrogens with zero attached hydrogens (tertiary/aromatic N) is 1. The molecule has 0 aromatic heterocycles. The summed E-state index contributed by atoms with van der Waals surface area (Å²) in [6.45, 7) is 5.22. The molecule has 0 saturated carbocycles. The largest absolute Gasteiger partial charge is 0.368 e. The predicted octanol–water partition coefficient (Wildman–Crippen LogP) is 6.16. The van der Waals surface area contributed by atoms with E-state index in [1.165, 1.54) is 6.08 Å². The summed E-state index contributed by atoms with van der Waals surface area (Å²) in [6.07, 6.45) is 31.7. The number of nitrogens with one attached hydrogen (secondary N) is 1. The van der Waals surface area contributed by atoms with E-state index in [-0.39, 0.29) is 12.5 Å². The summed E-state index contributed by atoms with van der Waals surface area (Å²) >= 11 is 0. The summed E-state index contributed by atoms with van der Waals surface area (Å²) in [5.74, 6) is -0.147. The minimum absolute atomic E-state index is 0.147. The van der Waals surface area contributed by atoms with E-state index in [0.29, 0.717) is 19.6 Å². The lowest BCUT2D eigenvalue weighted by Crippen LogP contribution is -2.37. The van der Waals surface area contributed by atoms with Gasteiger partial charge in [-0.3, -0.25) is 4.79 Å². The minimum Gasteiger partial charge on any atom is -0.368 e. The molecule has 0 fully saturated rings. The highest BCUT2D eigenvalue weighted by Gasteiger charge is 2.15. The van der Waals surface area contributed by atoms with Crippen LogP contribution in [0.1, 0.15) is 71.6 Å². The average molecular weight is 443 g/mol. The topological polar surface area (TPSA) is 67.8 Å². The van der Waals surface area contributed by atoms with E-state index in [9.17, 15) is 9.59 Å². The van der Waals surface area contributed by atoms with Crippen molar-refractivity contribution in [1.82, 2.24) is 5.32 Å². The Kier molecular flexibility index (Phi) is 22.8. The fourth-order valence-corrected chi connectivity index (χ4v) is 2.73. The summed E-state index contributed by atoms with van der Waals surface area (Å²) in [4.78, 5) is 25.4. The molecule has 0 saturated heterocycles. The van der Waals surface area contributed by atoms with Crippen LogP contribution in [0.2, 0.25) is 0 Å². The number of isocyanates is 1. The monoisotopic (exact) mass is 442 g/mol. The summed E-state index contributed by atoms with van der Waals surface area (Å²) in [6, 6.07) is 0. The molecule has 5 heteroatoms. The van der Waals surface area contributed by atoms with Crippen molar-refractivity contribution >= 4 is 12.0 Å². The van der Waals surface area contributed by atoms with Gasteiger partial charge in [-0.15, -0.1) is 0 Å². The number of unbranched alkanes of at least 4 members (excludes halogenated alkanes) is 2. The van der Waals surface area contributed by atoms with Crippen LogP contribution in [0.5, 0.6) is 0 Å². The molecule has 0 aromatic carbocycles. The molecule has 0 aliphatic carbocycles. The number of allylic oxidation sites excluding steroid dienone is 10. The zero-order valence-corrected chi connectivity index (χ0v) is 20.0. The van der Waals surface area contributed by atoms with Crippen molar-refractivity contribution in [2.45, 2.75) is 77.7 Å². The van der Waals surface area contributed by atoms with Gasteiger partial charge in [-0.25, -0.2) is 9.79 Å². The zero-order valence-electron chi connectivity index (χ0n) is 20.0. The van der Waals surface area contributed by atoms with Crippen LogP contribution in [0.3, 0.4) is 0 Å². The van der Waals surface area contributed by atoms with Crippen LogP contribution in [0.15, 0.2) is 65.8 Å². The van der Waals surface area contributed by atoms with Gasteiger partial charge in [0.05, 0.1) is 6.54 Å². The Balaban J connectivity index is 3.66. The third-order valence-electron chi connectivity index (χ3n) is 4.49. The van der Waals surface area contributed by atoms with Gasteiger partial charge in [0.25, 0.3) is 0 Å². The second kappa shape index (κ2) is 24.8. The van der Waals surface area contributed by atoms with Crippen LogP contribution < -0.4 is 5.32 Å². The van der Waals surface area contributed by atoms with Gasteiger partial charge in [-0.05, 0) is 57.8 Å². The summed E-state index contributed by atoms with van der Waals surface area (Å²) < 4.78 is 5.67. The Hall–Kier alpha value is -2.49. The van der Waals surface area contributed by atoms with Crippen molar-refractivity contribution in [2.75, 3.05) is 19.7 Å². The Labute approximate surface area is 195 Å². The molecule has 0 radical (unpaired) electrons. The van der Waals surface area contributed by atoms with Gasteiger partial charge in [0.1, 0.15) is 6.10 Å². The van der Waals surface area contributed by atoms with Crippen LogP contribution in [0, 0.1) is 0 Å². The SMILES string of the molecule is CCC=CCC=CCC=CCC=CCC=CCCCCOC(CC)C(=O)NCCN=C=O. The van der Waals surface area contributed by atoms with Crippen LogP contribution in [-0.4, -0.2) is 37.8 Å². The molecule has 1 unspecified atom stereocenters. The summed E-state index contributed by atoms with van der Waals surface area (Å²) in [7, 11) is 0. The van der Waals surface area contributed by atoms with E-state index in [0.717, 1.165) is 51.4 Å². The van der Waals surface area contributed by atoms with Crippen LogP contribution in [-0.2, 0) is 14.3 Å². The van der Waals surface area contributed by atoms with Crippen molar-refractivity contribution in [3.05, 3.63) is 60.8 Å². The quantitative estimate of drug-likeness (QED) is 0.106. The number of aliphatic imine (C=N–C) groups is 1. The Bertz CT molecular complexity index is 641. The van der Waals surface area contributed by atoms with Crippen LogP contribution >= 0.6 is 0 Å². The highest BCUT2D eigenvalue weighted by molar-refractivity contribution is 5.80. The first-order chi connectivity index (χ1) is 15.8. The van der Waals surface area contributed by atoms with Gasteiger partial charge in [0.15, 0.2) is 0 Å². The number of carbonyl (C=O) groups excluding carboxylic acids is 2. The molecule has 0 spiro atoms. The molecular formula is C27H42N2O3. The van der Waals surface area contributed by atoms with Crippen molar-refractivity contribution in [2.24, 2.45) is 4.99 Å². The number of amides is 1. The van der Waals surface area contributed by atoms with Gasteiger partial charge in [0.2, 0.25) is 12.0 Å². The Morgan fingerprint density at radius 2 is 1.44 bits per heavy atom. The second-order valence-corrected chi connectivity index (χ2v) is 7.24. The third-order valence-corrected chi connectivity index (χ3v) is 4.49.